The van der Waals surface area contributed by atoms with Gasteiger partial charge in [0.05, 0.1) is 31.0 Å². The molecule has 0 aliphatic rings. The Labute approximate surface area is 236 Å². The van der Waals surface area contributed by atoms with Gasteiger partial charge in [-0.25, -0.2) is 8.42 Å². The number of rotatable bonds is 8. The summed E-state index contributed by atoms with van der Waals surface area (Å²) >= 11 is 12.4. The second-order valence-corrected chi connectivity index (χ2v) is 12.0. The highest BCUT2D eigenvalue weighted by atomic mass is 35.5. The van der Waals surface area contributed by atoms with Crippen LogP contribution in [0.1, 0.15) is 11.1 Å². The average Bonchev–Trinajstić information content (AvgIpc) is 3.20. The third-order valence-electron chi connectivity index (χ3n) is 6.44. The third-order valence-corrected chi connectivity index (χ3v) is 8.05. The lowest BCUT2D eigenvalue weighted by Crippen LogP contribution is -2.25. The summed E-state index contributed by atoms with van der Waals surface area (Å²) in [6.07, 6.45) is 4.42. The summed E-state index contributed by atoms with van der Waals surface area (Å²) in [6, 6.07) is 16.1. The van der Waals surface area contributed by atoms with Crippen molar-refractivity contribution in [2.75, 3.05) is 24.7 Å². The second kappa shape index (κ2) is 10.5. The van der Waals surface area contributed by atoms with E-state index >= 15 is 0 Å². The van der Waals surface area contributed by atoms with E-state index in [4.69, 9.17) is 32.7 Å². The number of ether oxygens (including phenoxy) is 2. The maximum Gasteiger partial charge on any atom is 0.232 e. The van der Waals surface area contributed by atoms with Crippen LogP contribution in [-0.2, 0) is 23.2 Å². The van der Waals surface area contributed by atoms with Crippen LogP contribution in [-0.4, -0.2) is 43.5 Å². The highest BCUT2D eigenvalue weighted by Crippen LogP contribution is 2.47. The van der Waals surface area contributed by atoms with Crippen LogP contribution in [0.4, 0.5) is 5.69 Å². The number of anilines is 1. The van der Waals surface area contributed by atoms with Gasteiger partial charge in [0.25, 0.3) is 0 Å². The van der Waals surface area contributed by atoms with E-state index in [1.807, 2.05) is 24.3 Å². The summed E-state index contributed by atoms with van der Waals surface area (Å²) in [5, 5.41) is 13.8. The summed E-state index contributed by atoms with van der Waals surface area (Å²) < 4.78 is 39.7. The van der Waals surface area contributed by atoms with E-state index in [-0.39, 0.29) is 19.0 Å². The van der Waals surface area contributed by atoms with Crippen molar-refractivity contribution in [3.63, 3.8) is 0 Å². The predicted octanol–water partition coefficient (Wildman–Crippen LogP) is 6.23. The van der Waals surface area contributed by atoms with Gasteiger partial charge in [-0.3, -0.25) is 9.29 Å². The SMILES string of the molecule is COc1ccc(COc2c3ncccc3c(N(C)S(C)(=O)=O)c3cn(Cc4cc(Cl)cc(Cl)c4)c(O)c23)cc1. The first-order chi connectivity index (χ1) is 18.6. The smallest absolute Gasteiger partial charge is 0.232 e. The maximum atomic E-state index is 12.7. The molecule has 5 aromatic rings. The van der Waals surface area contributed by atoms with Crippen LogP contribution in [0.2, 0.25) is 10.0 Å². The zero-order valence-electron chi connectivity index (χ0n) is 21.4. The van der Waals surface area contributed by atoms with Crippen molar-refractivity contribution < 1.29 is 23.0 Å². The molecule has 2 aromatic heterocycles. The van der Waals surface area contributed by atoms with Gasteiger partial charge in [0.15, 0.2) is 5.75 Å². The molecule has 39 heavy (non-hydrogen) atoms. The lowest BCUT2D eigenvalue weighted by molar-refractivity contribution is 0.311. The molecule has 8 nitrogen and oxygen atoms in total. The fourth-order valence-corrected chi connectivity index (χ4v) is 5.63. The summed E-state index contributed by atoms with van der Waals surface area (Å²) in [5.41, 5.74) is 2.43. The number of sulfonamides is 1. The van der Waals surface area contributed by atoms with Gasteiger partial charge >= 0.3 is 0 Å². The molecule has 3 aromatic carbocycles. The predicted molar refractivity (Wildman–Crippen MR) is 155 cm³/mol. The van der Waals surface area contributed by atoms with Crippen LogP contribution in [0.3, 0.4) is 0 Å². The van der Waals surface area contributed by atoms with E-state index < -0.39 is 10.0 Å². The first kappa shape index (κ1) is 26.9. The van der Waals surface area contributed by atoms with E-state index in [1.165, 1.54) is 11.4 Å². The fourth-order valence-electron chi connectivity index (χ4n) is 4.53. The van der Waals surface area contributed by atoms with Gasteiger partial charge in [-0.1, -0.05) is 35.3 Å². The molecule has 0 aliphatic heterocycles. The van der Waals surface area contributed by atoms with Gasteiger partial charge in [0, 0.05) is 40.3 Å². The number of methoxy groups -OCH3 is 1. The number of benzene rings is 3. The Morgan fingerprint density at radius 1 is 1.03 bits per heavy atom. The van der Waals surface area contributed by atoms with Gasteiger partial charge in [-0.2, -0.15) is 0 Å². The van der Waals surface area contributed by atoms with Crippen LogP contribution in [0.25, 0.3) is 21.7 Å². The van der Waals surface area contributed by atoms with E-state index in [9.17, 15) is 13.5 Å². The number of hydrogen-bond acceptors (Lipinski definition) is 6. The number of hydrogen-bond donors (Lipinski definition) is 1. The summed E-state index contributed by atoms with van der Waals surface area (Å²) in [5.74, 6) is 0.946. The minimum atomic E-state index is -3.66. The zero-order chi connectivity index (χ0) is 27.9. The zero-order valence-corrected chi connectivity index (χ0v) is 23.7. The van der Waals surface area contributed by atoms with Crippen LogP contribution in [0.5, 0.6) is 17.4 Å². The molecule has 5 rings (SSSR count). The van der Waals surface area contributed by atoms with Gasteiger partial charge in [0.2, 0.25) is 15.9 Å². The van der Waals surface area contributed by atoms with Crippen molar-refractivity contribution in [1.29, 1.82) is 0 Å². The highest BCUT2D eigenvalue weighted by Gasteiger charge is 2.27. The molecule has 0 saturated carbocycles. The van der Waals surface area contributed by atoms with Crippen LogP contribution in [0, 0.1) is 0 Å². The average molecular weight is 586 g/mol. The summed E-state index contributed by atoms with van der Waals surface area (Å²) in [7, 11) is -0.591. The molecule has 202 valence electrons. The van der Waals surface area contributed by atoms with Crippen molar-refractivity contribution in [3.8, 4) is 17.4 Å². The molecule has 0 bridgehead atoms. The number of halogens is 2. The quantitative estimate of drug-likeness (QED) is 0.232. The molecular weight excluding hydrogens is 561 g/mol. The van der Waals surface area contributed by atoms with E-state index in [1.54, 1.807) is 54.4 Å². The minimum Gasteiger partial charge on any atom is -0.497 e. The van der Waals surface area contributed by atoms with Crippen molar-refractivity contribution in [3.05, 3.63) is 88.2 Å². The monoisotopic (exact) mass is 585 g/mol. The summed E-state index contributed by atoms with van der Waals surface area (Å²) in [6.45, 7) is 0.408. The number of fused-ring (bicyclic) bond motifs is 2. The highest BCUT2D eigenvalue weighted by molar-refractivity contribution is 7.92. The Hall–Kier alpha value is -3.66. The van der Waals surface area contributed by atoms with Gasteiger partial charge in [0.1, 0.15) is 17.9 Å². The molecule has 0 saturated heterocycles. The van der Waals surface area contributed by atoms with Gasteiger partial charge in [-0.15, -0.1) is 0 Å². The Morgan fingerprint density at radius 3 is 2.36 bits per heavy atom. The Bertz CT molecular complexity index is 1780. The molecule has 0 unspecified atom stereocenters. The molecule has 2 heterocycles. The van der Waals surface area contributed by atoms with Crippen LogP contribution in [0.15, 0.2) is 67.0 Å². The number of aromatic nitrogens is 2. The van der Waals surface area contributed by atoms with Crippen LogP contribution >= 0.6 is 23.2 Å². The molecule has 0 fully saturated rings. The largest absolute Gasteiger partial charge is 0.497 e. The maximum absolute atomic E-state index is 12.7. The van der Waals surface area contributed by atoms with Crippen molar-refractivity contribution in [2.45, 2.75) is 13.2 Å². The summed E-state index contributed by atoms with van der Waals surface area (Å²) in [4.78, 5) is 4.53. The molecule has 0 amide bonds. The van der Waals surface area contributed by atoms with E-state index in [0.29, 0.717) is 43.2 Å². The van der Waals surface area contributed by atoms with Crippen molar-refractivity contribution >= 4 is 60.6 Å². The second-order valence-electron chi connectivity index (χ2n) is 9.09. The molecule has 0 radical (unpaired) electrons. The van der Waals surface area contributed by atoms with Crippen molar-refractivity contribution in [2.24, 2.45) is 0 Å². The molecule has 0 aliphatic carbocycles. The molecule has 11 heteroatoms. The Kier molecular flexibility index (Phi) is 7.24. The van der Waals surface area contributed by atoms with Gasteiger partial charge in [-0.05, 0) is 53.6 Å². The number of pyridine rings is 1. The molecule has 0 spiro atoms. The molecule has 1 N–H and O–H groups in total. The van der Waals surface area contributed by atoms with Gasteiger partial charge < -0.3 is 19.1 Å². The van der Waals surface area contributed by atoms with Crippen LogP contribution < -0.4 is 13.8 Å². The lowest BCUT2D eigenvalue weighted by Gasteiger charge is -2.21. The van der Waals surface area contributed by atoms with E-state index in [2.05, 4.69) is 4.98 Å². The Morgan fingerprint density at radius 2 is 1.72 bits per heavy atom. The number of nitrogens with zero attached hydrogens (tertiary/aromatic N) is 3. The lowest BCUT2D eigenvalue weighted by atomic mass is 10.1. The molecular formula is C28H25Cl2N3O5S. The van der Waals surface area contributed by atoms with E-state index in [0.717, 1.165) is 23.1 Å². The standard InChI is InChI=1S/C28H25Cl2N3O5S/c1-32(39(3,35)36)26-22-5-4-10-31-25(22)27(38-16-17-6-8-21(37-2)9-7-17)24-23(26)15-33(28(24)34)14-18-11-19(29)13-20(30)12-18/h4-13,15,34H,14,16H2,1-3H3. The molecule has 0 atom stereocenters. The third kappa shape index (κ3) is 5.30. The fraction of sp³-hybridized carbons (Fsp3) is 0.179. The first-order valence-corrected chi connectivity index (χ1v) is 14.4. The Balaban J connectivity index is 1.73. The first-order valence-electron chi connectivity index (χ1n) is 11.8. The topological polar surface area (TPSA) is 93.9 Å². The normalized spacial score (nSPS) is 11.7. The number of aromatic hydroxyl groups is 1. The van der Waals surface area contributed by atoms with Crippen molar-refractivity contribution in [1.82, 2.24) is 9.55 Å². The minimum absolute atomic E-state index is 0.110.